The first-order chi connectivity index (χ1) is 11.4. The molecule has 0 amide bonds. The van der Waals surface area contributed by atoms with Crippen LogP contribution < -0.4 is 4.74 Å². The van der Waals surface area contributed by atoms with Crippen LogP contribution in [0, 0.1) is 12.1 Å². The number of hydrogen-bond donors (Lipinski definition) is 0. The molecule has 0 aliphatic heterocycles. The summed E-state index contributed by atoms with van der Waals surface area (Å²) in [5, 5.41) is 8.15. The fourth-order valence-corrected chi connectivity index (χ4v) is 2.04. The van der Waals surface area contributed by atoms with Gasteiger partial charge in [0, 0.05) is 11.5 Å². The van der Waals surface area contributed by atoms with Gasteiger partial charge in [0.2, 0.25) is 0 Å². The van der Waals surface area contributed by atoms with Gasteiger partial charge in [0.1, 0.15) is 25.3 Å². The van der Waals surface area contributed by atoms with E-state index in [2.05, 4.69) is 32.3 Å². The molecule has 0 spiro atoms. The topological polar surface area (TPSA) is 70.7 Å². The van der Waals surface area contributed by atoms with Crippen LogP contribution in [0.4, 0.5) is 0 Å². The number of hydrogen-bond acceptors (Lipinski definition) is 5. The third-order valence-electron chi connectivity index (χ3n) is 3.06. The van der Waals surface area contributed by atoms with Crippen LogP contribution in [0.3, 0.4) is 0 Å². The Morgan fingerprint density at radius 2 is 1.25 bits per heavy atom. The maximum atomic E-state index is 5.82. The molecule has 0 radical (unpaired) electrons. The molecule has 0 N–H and O–H groups in total. The molecule has 0 saturated heterocycles. The molecule has 0 unspecified atom stereocenters. The predicted octanol–water partition coefficient (Wildman–Crippen LogP) is 2.24. The van der Waals surface area contributed by atoms with Crippen LogP contribution >= 0.6 is 0 Å². The van der Waals surface area contributed by atoms with Crippen molar-refractivity contribution in [1.29, 1.82) is 0 Å². The molecular weight excluding hydrogens is 487 g/mol. The minimum Gasteiger partial charge on any atom is -0.509 e. The summed E-state index contributed by atoms with van der Waals surface area (Å²) in [5.74, 6) is 1.12. The zero-order valence-corrected chi connectivity index (χ0v) is 14.5. The van der Waals surface area contributed by atoms with Crippen LogP contribution in [-0.2, 0) is 21.1 Å². The molecule has 4 rings (SSSR count). The molecule has 2 aromatic carbocycles. The minimum atomic E-state index is 0. The average molecular weight is 497 g/mol. The fraction of sp³-hybridized carbons (Fsp3) is 0. The van der Waals surface area contributed by atoms with Gasteiger partial charge >= 0.3 is 21.1 Å². The first-order valence-electron chi connectivity index (χ1n) is 6.81. The van der Waals surface area contributed by atoms with Crippen molar-refractivity contribution in [1.82, 2.24) is 29.5 Å². The molecule has 0 saturated carbocycles. The third-order valence-corrected chi connectivity index (χ3v) is 3.06. The SMILES string of the molecule is [Pt+2].[c-]1c(Oc2[c-]c(-n3cncn3)ccc2)cccc1-n1cncn1. The van der Waals surface area contributed by atoms with E-state index in [9.17, 15) is 0 Å². The van der Waals surface area contributed by atoms with Gasteiger partial charge in [-0.1, -0.05) is 0 Å². The largest absolute Gasteiger partial charge is 2.00 e. The predicted molar refractivity (Wildman–Crippen MR) is 80.5 cm³/mol. The van der Waals surface area contributed by atoms with Gasteiger partial charge in [0.15, 0.2) is 0 Å². The molecule has 0 aliphatic carbocycles. The molecule has 120 valence electrons. The molecule has 8 heteroatoms. The summed E-state index contributed by atoms with van der Waals surface area (Å²) in [5.41, 5.74) is 1.49. The van der Waals surface area contributed by atoms with Crippen LogP contribution in [0.25, 0.3) is 11.4 Å². The summed E-state index contributed by atoms with van der Waals surface area (Å²) in [4.78, 5) is 7.84. The maximum absolute atomic E-state index is 5.82. The second-order valence-electron chi connectivity index (χ2n) is 4.58. The van der Waals surface area contributed by atoms with Gasteiger partial charge in [0.05, 0.1) is 0 Å². The normalized spacial score (nSPS) is 10.2. The van der Waals surface area contributed by atoms with Gasteiger partial charge in [-0.3, -0.25) is 0 Å². The Morgan fingerprint density at radius 1 is 0.750 bits per heavy atom. The van der Waals surface area contributed by atoms with E-state index in [-0.39, 0.29) is 21.1 Å². The molecule has 0 atom stereocenters. The quantitative estimate of drug-likeness (QED) is 0.405. The number of benzene rings is 2. The molecule has 0 bridgehead atoms. The summed E-state index contributed by atoms with van der Waals surface area (Å²) >= 11 is 0. The van der Waals surface area contributed by atoms with Crippen molar-refractivity contribution in [2.45, 2.75) is 0 Å². The number of ether oxygens (including phenoxy) is 1. The molecule has 4 aromatic rings. The Bertz CT molecular complexity index is 832. The van der Waals surface area contributed by atoms with E-state index < -0.39 is 0 Å². The molecule has 2 aromatic heterocycles. The van der Waals surface area contributed by atoms with Gasteiger partial charge in [-0.15, -0.1) is 36.4 Å². The Kier molecular flexibility index (Phi) is 4.82. The van der Waals surface area contributed by atoms with Gasteiger partial charge < -0.3 is 4.74 Å². The van der Waals surface area contributed by atoms with E-state index >= 15 is 0 Å². The van der Waals surface area contributed by atoms with Crippen molar-refractivity contribution < 1.29 is 25.8 Å². The maximum Gasteiger partial charge on any atom is 2.00 e. The summed E-state index contributed by atoms with van der Waals surface area (Å²) < 4.78 is 9.05. The van der Waals surface area contributed by atoms with Crippen LogP contribution in [0.15, 0.2) is 61.7 Å². The van der Waals surface area contributed by atoms with Crippen molar-refractivity contribution in [3.8, 4) is 22.9 Å². The van der Waals surface area contributed by atoms with Crippen molar-refractivity contribution in [3.63, 3.8) is 0 Å². The Labute approximate surface area is 152 Å². The van der Waals surface area contributed by atoms with E-state index in [4.69, 9.17) is 4.74 Å². The first-order valence-corrected chi connectivity index (χ1v) is 6.81. The Balaban J connectivity index is 0.00000169. The van der Waals surface area contributed by atoms with Crippen LogP contribution in [0.2, 0.25) is 0 Å². The Hall–Kier alpha value is -2.79. The van der Waals surface area contributed by atoms with Crippen molar-refractivity contribution in [3.05, 3.63) is 73.8 Å². The molecule has 24 heavy (non-hydrogen) atoms. The van der Waals surface area contributed by atoms with E-state index in [1.165, 1.54) is 12.7 Å². The number of aromatic nitrogens is 6. The van der Waals surface area contributed by atoms with Crippen LogP contribution in [0.5, 0.6) is 11.5 Å². The Morgan fingerprint density at radius 3 is 1.67 bits per heavy atom. The summed E-state index contributed by atoms with van der Waals surface area (Å²) in [6, 6.07) is 17.4. The zero-order chi connectivity index (χ0) is 15.5. The number of rotatable bonds is 4. The minimum absolute atomic E-state index is 0. The first kappa shape index (κ1) is 16.1. The number of nitrogens with zero attached hydrogens (tertiary/aromatic N) is 6. The van der Waals surface area contributed by atoms with Crippen molar-refractivity contribution >= 4 is 0 Å². The van der Waals surface area contributed by atoms with Crippen LogP contribution in [0.1, 0.15) is 0 Å². The zero-order valence-electron chi connectivity index (χ0n) is 12.2. The van der Waals surface area contributed by atoms with E-state index in [1.54, 1.807) is 22.0 Å². The molecule has 7 nitrogen and oxygen atoms in total. The second kappa shape index (κ2) is 7.19. The second-order valence-corrected chi connectivity index (χ2v) is 4.58. The monoisotopic (exact) mass is 497 g/mol. The van der Waals surface area contributed by atoms with Crippen LogP contribution in [-0.4, -0.2) is 29.5 Å². The summed E-state index contributed by atoms with van der Waals surface area (Å²) in [6.07, 6.45) is 6.15. The van der Waals surface area contributed by atoms with Crippen molar-refractivity contribution in [2.75, 3.05) is 0 Å². The third kappa shape index (κ3) is 3.41. The van der Waals surface area contributed by atoms with Gasteiger partial charge in [-0.05, 0) is 11.4 Å². The van der Waals surface area contributed by atoms with Gasteiger partial charge in [0.25, 0.3) is 0 Å². The van der Waals surface area contributed by atoms with Gasteiger partial charge in [-0.25, -0.2) is 19.3 Å². The molecule has 2 heterocycles. The van der Waals surface area contributed by atoms with E-state index in [0.717, 1.165) is 11.4 Å². The standard InChI is InChI=1S/C16H10N6O.Pt/c1-3-13(21-11-17-9-19-21)7-15(5-1)23-16-6-2-4-14(8-16)22-12-18-10-20-22;/h1-6,9-12H;/q-2;+2. The summed E-state index contributed by atoms with van der Waals surface area (Å²) in [6.45, 7) is 0. The van der Waals surface area contributed by atoms with Gasteiger partial charge in [-0.2, -0.15) is 22.3 Å². The molecular formula is C16H10N6OPt. The smallest absolute Gasteiger partial charge is 0.509 e. The van der Waals surface area contributed by atoms with Crippen molar-refractivity contribution in [2.24, 2.45) is 0 Å². The molecule has 0 fully saturated rings. The summed E-state index contributed by atoms with van der Waals surface area (Å²) in [7, 11) is 0. The van der Waals surface area contributed by atoms with E-state index in [1.807, 2.05) is 36.4 Å². The molecule has 0 aliphatic rings. The average Bonchev–Trinajstić information content (AvgIpc) is 3.29. The fourth-order valence-electron chi connectivity index (χ4n) is 2.04. The van der Waals surface area contributed by atoms with E-state index in [0.29, 0.717) is 11.5 Å².